The van der Waals surface area contributed by atoms with Crippen molar-refractivity contribution in [3.05, 3.63) is 64.5 Å². The fourth-order valence-electron chi connectivity index (χ4n) is 3.87. The summed E-state index contributed by atoms with van der Waals surface area (Å²) in [7, 11) is 1.79. The second-order valence-corrected chi connectivity index (χ2v) is 7.84. The van der Waals surface area contributed by atoms with Crippen molar-refractivity contribution in [1.29, 1.82) is 0 Å². The maximum Gasteiger partial charge on any atom is 0.250 e. The third kappa shape index (κ3) is 3.37. The van der Waals surface area contributed by atoms with Crippen molar-refractivity contribution in [3.8, 4) is 0 Å². The van der Waals surface area contributed by atoms with Crippen LogP contribution in [0.1, 0.15) is 30.0 Å². The molecule has 3 aromatic heterocycles. The zero-order valence-electron chi connectivity index (χ0n) is 15.7. The molecule has 1 aliphatic carbocycles. The van der Waals surface area contributed by atoms with E-state index in [9.17, 15) is 4.79 Å². The molecule has 3 aromatic rings. The summed E-state index contributed by atoms with van der Waals surface area (Å²) in [6, 6.07) is 8.11. The van der Waals surface area contributed by atoms with Crippen molar-refractivity contribution in [2.75, 3.05) is 31.1 Å². The Bertz CT molecular complexity index is 1020. The zero-order valence-corrected chi connectivity index (χ0v) is 15.7. The lowest BCUT2D eigenvalue weighted by Gasteiger charge is -2.36. The van der Waals surface area contributed by atoms with Gasteiger partial charge in [-0.1, -0.05) is 0 Å². The molecule has 0 aromatic carbocycles. The van der Waals surface area contributed by atoms with Gasteiger partial charge in [0.1, 0.15) is 5.65 Å². The monoisotopic (exact) mass is 363 g/mol. The molecule has 0 N–H and O–H groups in total. The number of aryl methyl sites for hydroxylation is 1. The summed E-state index contributed by atoms with van der Waals surface area (Å²) < 4.78 is 3.79. The summed E-state index contributed by atoms with van der Waals surface area (Å²) in [5.74, 6) is 0.687. The molecule has 5 rings (SSSR count). The number of hydrogen-bond acceptors (Lipinski definition) is 4. The first kappa shape index (κ1) is 16.6. The lowest BCUT2D eigenvalue weighted by atomic mass is 10.2. The first-order valence-electron chi connectivity index (χ1n) is 9.77. The minimum Gasteiger partial charge on any atom is -0.368 e. The van der Waals surface area contributed by atoms with Crippen molar-refractivity contribution in [2.45, 2.75) is 25.3 Å². The van der Waals surface area contributed by atoms with E-state index >= 15 is 0 Å². The van der Waals surface area contributed by atoms with Gasteiger partial charge in [-0.3, -0.25) is 9.69 Å². The van der Waals surface area contributed by atoms with Gasteiger partial charge < -0.3 is 13.9 Å². The highest BCUT2D eigenvalue weighted by Crippen LogP contribution is 2.39. The predicted molar refractivity (Wildman–Crippen MR) is 106 cm³/mol. The van der Waals surface area contributed by atoms with Crippen LogP contribution in [-0.4, -0.2) is 45.0 Å². The van der Waals surface area contributed by atoms with Crippen molar-refractivity contribution in [2.24, 2.45) is 7.05 Å². The molecular weight excluding hydrogens is 338 g/mol. The molecule has 0 amide bonds. The molecular formula is C21H25N5O. The smallest absolute Gasteiger partial charge is 0.250 e. The van der Waals surface area contributed by atoms with Crippen LogP contribution in [0.4, 0.5) is 5.69 Å². The number of rotatable bonds is 4. The maximum atomic E-state index is 11.8. The standard InChI is InChI=1S/C21H25N5O/c1-23-7-6-16(12-21(23)27)13-24-8-10-25(11-9-24)18-4-5-20-22-19(17-2-3-17)15-26(20)14-18/h4-7,12,14-15,17H,2-3,8-11,13H2,1H3. The van der Waals surface area contributed by atoms with Crippen LogP contribution in [0.15, 0.2) is 47.7 Å². The van der Waals surface area contributed by atoms with Crippen LogP contribution in [-0.2, 0) is 13.6 Å². The van der Waals surface area contributed by atoms with Gasteiger partial charge in [-0.15, -0.1) is 0 Å². The number of piperazine rings is 1. The molecule has 4 heterocycles. The van der Waals surface area contributed by atoms with Crippen molar-refractivity contribution < 1.29 is 0 Å². The summed E-state index contributed by atoms with van der Waals surface area (Å²) in [5.41, 5.74) is 4.70. The number of hydrogen-bond donors (Lipinski definition) is 0. The Labute approximate surface area is 158 Å². The Balaban J connectivity index is 1.25. The van der Waals surface area contributed by atoms with Crippen molar-refractivity contribution >= 4 is 11.3 Å². The average Bonchev–Trinajstić information content (AvgIpc) is 3.44. The molecule has 6 nitrogen and oxygen atoms in total. The molecule has 27 heavy (non-hydrogen) atoms. The van der Waals surface area contributed by atoms with Gasteiger partial charge in [0.2, 0.25) is 0 Å². The number of imidazole rings is 1. The molecule has 1 saturated heterocycles. The lowest BCUT2D eigenvalue weighted by molar-refractivity contribution is 0.249. The molecule has 1 saturated carbocycles. The Morgan fingerprint density at radius 3 is 2.63 bits per heavy atom. The van der Waals surface area contributed by atoms with Crippen LogP contribution >= 0.6 is 0 Å². The number of aromatic nitrogens is 3. The Morgan fingerprint density at radius 2 is 1.89 bits per heavy atom. The highest BCUT2D eigenvalue weighted by molar-refractivity contribution is 5.53. The van der Waals surface area contributed by atoms with Gasteiger partial charge in [-0.25, -0.2) is 4.98 Å². The highest BCUT2D eigenvalue weighted by Gasteiger charge is 2.26. The largest absolute Gasteiger partial charge is 0.368 e. The molecule has 0 bridgehead atoms. The molecule has 6 heteroatoms. The fourth-order valence-corrected chi connectivity index (χ4v) is 3.87. The van der Waals surface area contributed by atoms with Gasteiger partial charge in [0.25, 0.3) is 5.56 Å². The normalized spacial score (nSPS) is 18.3. The van der Waals surface area contributed by atoms with E-state index in [-0.39, 0.29) is 5.56 Å². The lowest BCUT2D eigenvalue weighted by Crippen LogP contribution is -2.46. The van der Waals surface area contributed by atoms with Crippen molar-refractivity contribution in [3.63, 3.8) is 0 Å². The van der Waals surface area contributed by atoms with Gasteiger partial charge in [-0.2, -0.15) is 0 Å². The molecule has 1 aliphatic heterocycles. The molecule has 0 atom stereocenters. The quantitative estimate of drug-likeness (QED) is 0.713. The van der Waals surface area contributed by atoms with E-state index in [1.165, 1.54) is 24.2 Å². The average molecular weight is 363 g/mol. The minimum absolute atomic E-state index is 0.0605. The third-order valence-corrected chi connectivity index (χ3v) is 5.76. The molecule has 0 spiro atoms. The van der Waals surface area contributed by atoms with E-state index in [1.54, 1.807) is 17.7 Å². The van der Waals surface area contributed by atoms with E-state index in [1.807, 2.05) is 12.3 Å². The summed E-state index contributed by atoms with van der Waals surface area (Å²) in [4.78, 5) is 21.4. The summed E-state index contributed by atoms with van der Waals surface area (Å²) in [5, 5.41) is 0. The van der Waals surface area contributed by atoms with Crippen molar-refractivity contribution in [1.82, 2.24) is 18.9 Å². The summed E-state index contributed by atoms with van der Waals surface area (Å²) in [6.07, 6.45) is 8.83. The van der Waals surface area contributed by atoms with Gasteiger partial charge >= 0.3 is 0 Å². The number of nitrogens with zero attached hydrogens (tertiary/aromatic N) is 5. The molecule has 0 radical (unpaired) electrons. The van der Waals surface area contributed by atoms with Crippen LogP contribution in [0.2, 0.25) is 0 Å². The molecule has 2 aliphatic rings. The molecule has 2 fully saturated rings. The third-order valence-electron chi connectivity index (χ3n) is 5.76. The van der Waals surface area contributed by atoms with E-state index < -0.39 is 0 Å². The first-order valence-corrected chi connectivity index (χ1v) is 9.77. The Morgan fingerprint density at radius 1 is 1.07 bits per heavy atom. The van der Waals surface area contributed by atoms with Gasteiger partial charge in [0.05, 0.1) is 11.4 Å². The van der Waals surface area contributed by atoms with Crippen LogP contribution in [0.3, 0.4) is 0 Å². The summed E-state index contributed by atoms with van der Waals surface area (Å²) >= 11 is 0. The van der Waals surface area contributed by atoms with Gasteiger partial charge in [0, 0.05) is 70.3 Å². The van der Waals surface area contributed by atoms with Crippen LogP contribution in [0.25, 0.3) is 5.65 Å². The van der Waals surface area contributed by atoms with E-state index in [0.29, 0.717) is 5.92 Å². The maximum absolute atomic E-state index is 11.8. The minimum atomic E-state index is 0.0605. The van der Waals surface area contributed by atoms with Gasteiger partial charge in [-0.05, 0) is 36.6 Å². The Hall–Kier alpha value is -2.60. The molecule has 0 unspecified atom stereocenters. The van der Waals surface area contributed by atoms with E-state index in [4.69, 9.17) is 4.98 Å². The second kappa shape index (κ2) is 6.53. The van der Waals surface area contributed by atoms with E-state index in [0.717, 1.165) is 43.9 Å². The second-order valence-electron chi connectivity index (χ2n) is 7.84. The number of pyridine rings is 2. The topological polar surface area (TPSA) is 45.8 Å². The fraction of sp³-hybridized carbons (Fsp3) is 0.429. The van der Waals surface area contributed by atoms with Crippen LogP contribution < -0.4 is 10.5 Å². The first-order chi connectivity index (χ1) is 13.2. The van der Waals surface area contributed by atoms with Crippen LogP contribution in [0, 0.1) is 0 Å². The summed E-state index contributed by atoms with van der Waals surface area (Å²) in [6.45, 7) is 4.85. The van der Waals surface area contributed by atoms with Crippen LogP contribution in [0.5, 0.6) is 0 Å². The SMILES string of the molecule is Cn1ccc(CN2CCN(c3ccc4nc(C5CC5)cn4c3)CC2)cc1=O. The molecule has 140 valence electrons. The predicted octanol–water partition coefficient (Wildman–Crippen LogP) is 2.23. The van der Waals surface area contributed by atoms with Gasteiger partial charge in [0.15, 0.2) is 0 Å². The number of anilines is 1. The Kier molecular flexibility index (Phi) is 4.01. The highest BCUT2D eigenvalue weighted by atomic mass is 16.1. The van der Waals surface area contributed by atoms with E-state index in [2.05, 4.69) is 38.7 Å². The number of fused-ring (bicyclic) bond motifs is 1. The zero-order chi connectivity index (χ0) is 18.4.